The fraction of sp³-hybridized carbons (Fsp3) is 0.674. The van der Waals surface area contributed by atoms with Crippen LogP contribution in [0.25, 0.3) is 0 Å². The summed E-state index contributed by atoms with van der Waals surface area (Å²) in [5.41, 5.74) is 16.8. The molecule has 0 saturated carbocycles. The number of carboxylic acids is 2. The number of thiol groups is 6. The van der Waals surface area contributed by atoms with Crippen LogP contribution in [0.15, 0.2) is 0 Å². The van der Waals surface area contributed by atoms with Gasteiger partial charge in [0.2, 0.25) is 76.8 Å². The Bertz CT molecular complexity index is 2370. The van der Waals surface area contributed by atoms with E-state index < -0.39 is 199 Å². The number of rotatable bonds is 39. The Morgan fingerprint density at radius 1 is 0.512 bits per heavy atom. The monoisotopic (exact) mass is 1300 g/mol. The molecule has 1 heterocycles. The van der Waals surface area contributed by atoms with E-state index in [9.17, 15) is 77.0 Å². The molecule has 1 saturated heterocycles. The number of nitrogens with zero attached hydrogens (tertiary/aromatic N) is 1. The number of unbranched alkanes of at least 4 members (excludes halogenated alkanes) is 1. The average molecular weight is 1300 g/mol. The Morgan fingerprint density at radius 3 is 1.39 bits per heavy atom. The minimum Gasteiger partial charge on any atom is -0.481 e. The molecule has 1 fully saturated rings. The Kier molecular flexibility index (Phi) is 35.9. The molecule has 13 amide bonds. The Labute approximate surface area is 516 Å². The second-order valence-corrected chi connectivity index (χ2v) is 21.0. The van der Waals surface area contributed by atoms with Crippen LogP contribution in [-0.4, -0.2) is 230 Å². The van der Waals surface area contributed by atoms with Gasteiger partial charge in [-0.25, -0.2) is 4.79 Å². The summed E-state index contributed by atoms with van der Waals surface area (Å²) in [6.45, 7) is 2.01. The highest BCUT2D eigenvalue weighted by Crippen LogP contribution is 2.20. The van der Waals surface area contributed by atoms with Crippen molar-refractivity contribution in [1.29, 1.82) is 0 Å². The van der Waals surface area contributed by atoms with Crippen LogP contribution in [0.3, 0.4) is 0 Å². The quantitative estimate of drug-likeness (QED) is 0.0201. The van der Waals surface area contributed by atoms with Crippen LogP contribution < -0.4 is 75.7 Å². The Hall–Kier alpha value is -5.93. The van der Waals surface area contributed by atoms with E-state index in [1.807, 2.05) is 0 Å². The summed E-state index contributed by atoms with van der Waals surface area (Å²) in [5, 5.41) is 44.4. The summed E-state index contributed by atoms with van der Waals surface area (Å²) >= 11 is 24.3. The van der Waals surface area contributed by atoms with E-state index in [2.05, 4.69) is 134 Å². The van der Waals surface area contributed by atoms with Crippen molar-refractivity contribution in [2.75, 3.05) is 54.2 Å². The van der Waals surface area contributed by atoms with Crippen molar-refractivity contribution in [2.45, 2.75) is 138 Å². The van der Waals surface area contributed by atoms with Crippen LogP contribution in [0.1, 0.15) is 65.2 Å². The summed E-state index contributed by atoms with van der Waals surface area (Å²) < 4.78 is 0. The first-order valence-electron chi connectivity index (χ1n) is 26.0. The lowest BCUT2D eigenvalue weighted by molar-refractivity contribution is -0.143. The predicted octanol–water partition coefficient (Wildman–Crippen LogP) is -8.16. The molecule has 38 heteroatoms. The Balaban J connectivity index is 3.15. The molecule has 32 nitrogen and oxygen atoms in total. The van der Waals surface area contributed by atoms with Crippen molar-refractivity contribution in [3.05, 3.63) is 0 Å². The average Bonchev–Trinajstić information content (AvgIpc) is 4.18. The second kappa shape index (κ2) is 39.6. The summed E-state index contributed by atoms with van der Waals surface area (Å²) in [6.07, 6.45) is -1.04. The highest BCUT2D eigenvalue weighted by Gasteiger charge is 2.41. The van der Waals surface area contributed by atoms with Gasteiger partial charge in [0.05, 0.1) is 19.0 Å². The molecule has 1 aliphatic heterocycles. The number of carbonyl (C=O) groups is 15. The molecular weight excluding hydrogens is 1230 g/mol. The van der Waals surface area contributed by atoms with Gasteiger partial charge in [-0.05, 0) is 58.9 Å². The number of amides is 13. The van der Waals surface area contributed by atoms with Crippen molar-refractivity contribution >= 4 is 165 Å². The van der Waals surface area contributed by atoms with Crippen LogP contribution in [0, 0.1) is 0 Å². The second-order valence-electron chi connectivity index (χ2n) is 18.8. The van der Waals surface area contributed by atoms with Gasteiger partial charge in [0.1, 0.15) is 66.5 Å². The first-order chi connectivity index (χ1) is 39.5. The number of hydrogen-bond acceptors (Lipinski definition) is 23. The van der Waals surface area contributed by atoms with Crippen LogP contribution in [-0.2, 0) is 71.9 Å². The van der Waals surface area contributed by atoms with Crippen molar-refractivity contribution < 1.29 is 82.1 Å². The van der Waals surface area contributed by atoms with Gasteiger partial charge in [-0.15, -0.1) is 0 Å². The molecule has 12 atom stereocenters. The predicted molar refractivity (Wildman–Crippen MR) is 321 cm³/mol. The molecule has 1 rings (SSSR count). The largest absolute Gasteiger partial charge is 0.481 e. The van der Waals surface area contributed by atoms with Crippen molar-refractivity contribution in [3.8, 4) is 0 Å². The van der Waals surface area contributed by atoms with E-state index in [-0.39, 0.29) is 61.8 Å². The third-order valence-corrected chi connectivity index (χ3v) is 14.5. The topological polar surface area (TPSA) is 510 Å². The lowest BCUT2D eigenvalue weighted by Gasteiger charge is -2.30. The number of primary amides is 1. The molecule has 0 aromatic carbocycles. The fourth-order valence-corrected chi connectivity index (χ4v) is 8.95. The first kappa shape index (κ1) is 76.1. The number of likely N-dealkylation sites (tertiary alicyclic amines) is 1. The molecule has 0 unspecified atom stereocenters. The van der Waals surface area contributed by atoms with Crippen LogP contribution in [0.5, 0.6) is 0 Å². The number of nitrogens with two attached hydrogens (primary N) is 3. The summed E-state index contributed by atoms with van der Waals surface area (Å²) in [4.78, 5) is 195. The minimum absolute atomic E-state index is 0.0538. The van der Waals surface area contributed by atoms with Crippen molar-refractivity contribution in [3.63, 3.8) is 0 Å². The Morgan fingerprint density at radius 2 is 0.940 bits per heavy atom. The lowest BCUT2D eigenvalue weighted by Crippen LogP contribution is -2.61. The van der Waals surface area contributed by atoms with Crippen molar-refractivity contribution in [2.24, 2.45) is 17.2 Å². The molecule has 0 spiro atoms. The van der Waals surface area contributed by atoms with Crippen LogP contribution >= 0.6 is 75.8 Å². The molecule has 1 aliphatic rings. The zero-order chi connectivity index (χ0) is 64.0. The van der Waals surface area contributed by atoms with E-state index in [1.165, 1.54) is 13.8 Å². The zero-order valence-electron chi connectivity index (χ0n) is 45.8. The smallest absolute Gasteiger partial charge is 0.327 e. The molecule has 0 aromatic heterocycles. The fourth-order valence-electron chi connectivity index (χ4n) is 7.51. The van der Waals surface area contributed by atoms with E-state index >= 15 is 0 Å². The van der Waals surface area contributed by atoms with Gasteiger partial charge in [-0.3, -0.25) is 67.1 Å². The third kappa shape index (κ3) is 26.5. The molecule has 0 aliphatic carbocycles. The zero-order valence-corrected chi connectivity index (χ0v) is 51.2. The van der Waals surface area contributed by atoms with Gasteiger partial charge >= 0.3 is 11.9 Å². The van der Waals surface area contributed by atoms with E-state index in [4.69, 9.17) is 22.3 Å². The molecule has 0 radical (unpaired) electrons. The van der Waals surface area contributed by atoms with Gasteiger partial charge in [-0.2, -0.15) is 75.8 Å². The maximum Gasteiger partial charge on any atom is 0.327 e. The van der Waals surface area contributed by atoms with E-state index in [1.54, 1.807) is 0 Å². The van der Waals surface area contributed by atoms with Gasteiger partial charge < -0.3 is 90.8 Å². The van der Waals surface area contributed by atoms with Gasteiger partial charge in [0.15, 0.2) is 0 Å². The van der Waals surface area contributed by atoms with Gasteiger partial charge in [0, 0.05) is 47.5 Å². The lowest BCUT2D eigenvalue weighted by atomic mass is 10.1. The number of hydrogen-bond donors (Lipinski definition) is 22. The maximum atomic E-state index is 14.1. The number of nitrogens with one attached hydrogen (secondary N) is 11. The first-order valence-corrected chi connectivity index (χ1v) is 29.8. The minimum atomic E-state index is -1.72. The summed E-state index contributed by atoms with van der Waals surface area (Å²) in [5.74, 6) is -16.4. The molecule has 474 valence electrons. The van der Waals surface area contributed by atoms with Crippen molar-refractivity contribution in [1.82, 2.24) is 63.4 Å². The van der Waals surface area contributed by atoms with E-state index in [0.717, 1.165) is 4.90 Å². The molecule has 84 heavy (non-hydrogen) atoms. The number of aliphatic carboxylic acids is 2. The highest BCUT2D eigenvalue weighted by atomic mass is 32.1. The van der Waals surface area contributed by atoms with E-state index in [0.29, 0.717) is 6.42 Å². The number of carboxylic acid groups (broad SMARTS) is 2. The normalized spacial score (nSPS) is 16.7. The standard InChI is InChI=1S/C46H77N15O17S6/c1-20(35(66)50-13-33(63)53-30(19-84)46(77)78)51-40(71)26(15-80)57-36(67)21(2)52-44(75)31-7-5-11-61(31)45(76)25(12-32(49)62)56-42(73)28(17-82)60-43(74)29(18-83)59-38(69)23(6-3-4-10-47)54-39(70)24(8-9-34(64)65)55-41(72)27(16-81)58-37(68)22(48)14-79/h20-31,79-84H,3-19,47-48H2,1-2H3,(H2,49,62)(H,50,66)(H,51,71)(H,52,75)(H,53,63)(H,54,70)(H,55,72)(H,56,73)(H,57,67)(H,58,68)(H,59,69)(H,60,74)(H,64,65)(H,77,78)/t20-,21-,22-,23-,24-,25-,26-,27-,28-,29-,30-,31-/m0/s1. The SMILES string of the molecule is C[C@H](NC(=O)[C@H](CS)NC(=O)[C@H](C)NC(=O)[C@@H]1CCCN1C(=O)[C@H](CC(N)=O)NC(=O)[C@H](CS)NC(=O)[C@H](CS)NC(=O)[C@H](CCCCN)NC(=O)[C@H](CCC(=O)O)NC(=O)[C@H](CS)NC(=O)[C@@H](N)CS)C(=O)NCC(=O)N[C@@H](CS)C(=O)O. The third-order valence-electron chi connectivity index (χ3n) is 12.3. The number of carbonyl (C=O) groups excluding carboxylic acids is 13. The van der Waals surface area contributed by atoms with Gasteiger partial charge in [0.25, 0.3) is 0 Å². The molecule has 19 N–H and O–H groups in total. The van der Waals surface area contributed by atoms with Gasteiger partial charge in [-0.1, -0.05) is 0 Å². The molecule has 0 aromatic rings. The molecular formula is C46H77N15O17S6. The summed E-state index contributed by atoms with van der Waals surface area (Å²) in [7, 11) is 0. The van der Waals surface area contributed by atoms with Crippen LogP contribution in [0.2, 0.25) is 0 Å². The molecule has 0 bridgehead atoms. The highest BCUT2D eigenvalue weighted by molar-refractivity contribution is 7.81. The maximum absolute atomic E-state index is 14.1. The summed E-state index contributed by atoms with van der Waals surface area (Å²) in [6, 6.07) is -16.8. The van der Waals surface area contributed by atoms with Crippen LogP contribution in [0.4, 0.5) is 0 Å².